The highest BCUT2D eigenvalue weighted by molar-refractivity contribution is 7.99. The predicted molar refractivity (Wildman–Crippen MR) is 254 cm³/mol. The Morgan fingerprint density at radius 3 is 2.12 bits per heavy atom. The number of benzene rings is 3. The van der Waals surface area contributed by atoms with Crippen LogP contribution >= 0.6 is 23.4 Å². The molecule has 67 heavy (non-hydrogen) atoms. The van der Waals surface area contributed by atoms with E-state index in [2.05, 4.69) is 29.0 Å². The average Bonchev–Trinajstić information content (AvgIpc) is 3.26. The summed E-state index contributed by atoms with van der Waals surface area (Å²) in [6.07, 6.45) is 6.02. The molecule has 2 saturated heterocycles. The second kappa shape index (κ2) is 19.1. The minimum Gasteiger partial charge on any atom is -0.465 e. The van der Waals surface area contributed by atoms with Crippen molar-refractivity contribution in [1.29, 1.82) is 0 Å². The number of hydrogen-bond acceptors (Lipinski definition) is 11. The second-order valence-corrected chi connectivity index (χ2v) is 25.1. The van der Waals surface area contributed by atoms with Crippen molar-refractivity contribution in [2.45, 2.75) is 89.9 Å². The van der Waals surface area contributed by atoms with Crippen LogP contribution in [0.5, 0.6) is 0 Å². The van der Waals surface area contributed by atoms with Crippen molar-refractivity contribution in [2.75, 3.05) is 81.4 Å². The molecule has 13 nitrogen and oxygen atoms in total. The lowest BCUT2D eigenvalue weighted by Gasteiger charge is -2.70. The molecule has 3 aromatic carbocycles. The van der Waals surface area contributed by atoms with E-state index in [1.54, 1.807) is 23.3 Å². The number of piperazine rings is 2. The molecule has 4 aliphatic carbocycles. The minimum atomic E-state index is -6.10. The molecule has 2 aliphatic heterocycles. The van der Waals surface area contributed by atoms with Gasteiger partial charge >= 0.3 is 11.6 Å². The SMILES string of the molecule is CC1(C)CCC(CN2CCN(c3ccc(C(=O)NS(=O)(=O)c4ccc(N[C@H](CCN5CCN(C(=O)O)CC5)CSc5ccccc5)c(S(=O)(=O)C(F)(F)F)c4)cc3)CC2)=C(C23CC(Cl)(C2)C3)C1. The molecule has 0 aromatic heterocycles. The number of nitrogens with zero attached hydrogens (tertiary/aromatic N) is 4. The molecular weight excluding hydrogens is 949 g/mol. The van der Waals surface area contributed by atoms with Crippen LogP contribution in [0.2, 0.25) is 0 Å². The first-order valence-electron chi connectivity index (χ1n) is 22.7. The number of alkyl halides is 4. The molecule has 2 heterocycles. The van der Waals surface area contributed by atoms with Gasteiger partial charge in [0.05, 0.1) is 10.6 Å². The monoisotopic (exact) mass is 1010 g/mol. The van der Waals surface area contributed by atoms with E-state index in [9.17, 15) is 44.7 Å². The van der Waals surface area contributed by atoms with Gasteiger partial charge in [-0.25, -0.2) is 26.4 Å². The molecule has 20 heteroatoms. The summed E-state index contributed by atoms with van der Waals surface area (Å²) < 4.78 is 98.0. The number of halogens is 4. The molecule has 3 aromatic rings. The number of amides is 2. The highest BCUT2D eigenvalue weighted by atomic mass is 35.5. The highest BCUT2D eigenvalue weighted by Gasteiger charge is 2.69. The third kappa shape index (κ3) is 11.1. The van der Waals surface area contributed by atoms with Crippen LogP contribution in [0.15, 0.2) is 98.6 Å². The second-order valence-electron chi connectivity index (χ2n) is 19.6. The number of thioether (sulfide) groups is 1. The van der Waals surface area contributed by atoms with Gasteiger partial charge in [-0.2, -0.15) is 13.2 Å². The fourth-order valence-electron chi connectivity index (χ4n) is 10.3. The number of nitrogens with one attached hydrogen (secondary N) is 2. The van der Waals surface area contributed by atoms with Crippen molar-refractivity contribution in [3.8, 4) is 0 Å². The number of anilines is 2. The van der Waals surface area contributed by atoms with E-state index in [0.29, 0.717) is 48.7 Å². The van der Waals surface area contributed by atoms with E-state index in [1.807, 2.05) is 40.0 Å². The van der Waals surface area contributed by atoms with Gasteiger partial charge in [0.15, 0.2) is 0 Å². The smallest absolute Gasteiger partial charge is 0.465 e. The topological polar surface area (TPSA) is 160 Å². The van der Waals surface area contributed by atoms with Gasteiger partial charge < -0.3 is 20.2 Å². The summed E-state index contributed by atoms with van der Waals surface area (Å²) in [5.41, 5.74) is -1.55. The van der Waals surface area contributed by atoms with E-state index in [-0.39, 0.29) is 23.5 Å². The summed E-state index contributed by atoms with van der Waals surface area (Å²) in [6, 6.07) is 17.4. The van der Waals surface area contributed by atoms with E-state index >= 15 is 0 Å². The van der Waals surface area contributed by atoms with Crippen LogP contribution in [0.3, 0.4) is 0 Å². The van der Waals surface area contributed by atoms with Crippen LogP contribution in [0.1, 0.15) is 69.2 Å². The number of hydrogen-bond donors (Lipinski definition) is 3. The lowest BCUT2D eigenvalue weighted by molar-refractivity contribution is -0.0535. The number of carboxylic acid groups (broad SMARTS) is 1. The Balaban J connectivity index is 0.922. The zero-order chi connectivity index (χ0) is 48.0. The Morgan fingerprint density at radius 1 is 0.866 bits per heavy atom. The van der Waals surface area contributed by atoms with E-state index < -0.39 is 58.9 Å². The zero-order valence-electron chi connectivity index (χ0n) is 37.7. The largest absolute Gasteiger partial charge is 0.501 e. The third-order valence-electron chi connectivity index (χ3n) is 14.1. The molecule has 9 rings (SSSR count). The summed E-state index contributed by atoms with van der Waals surface area (Å²) in [4.78, 5) is 31.5. The van der Waals surface area contributed by atoms with Crippen molar-refractivity contribution < 1.29 is 44.7 Å². The normalized spacial score (nSPS) is 24.1. The van der Waals surface area contributed by atoms with Gasteiger partial charge in [0, 0.05) is 98.3 Å². The fraction of sp³-hybridized carbons (Fsp3) is 0.532. The number of sulfone groups is 1. The fourth-order valence-corrected chi connectivity index (χ4v) is 14.1. The summed E-state index contributed by atoms with van der Waals surface area (Å²) in [5, 5.41) is 12.3. The average molecular weight is 1010 g/mol. The van der Waals surface area contributed by atoms with Crippen LogP contribution in [0.25, 0.3) is 0 Å². The molecule has 2 amide bonds. The van der Waals surface area contributed by atoms with Crippen LogP contribution in [0.4, 0.5) is 29.3 Å². The highest BCUT2D eigenvalue weighted by Crippen LogP contribution is 2.75. The maximum Gasteiger partial charge on any atom is 0.501 e. The summed E-state index contributed by atoms with van der Waals surface area (Å²) >= 11 is 8.09. The van der Waals surface area contributed by atoms with Crippen molar-refractivity contribution in [2.24, 2.45) is 10.8 Å². The van der Waals surface area contributed by atoms with Crippen molar-refractivity contribution >= 4 is 66.6 Å². The van der Waals surface area contributed by atoms with Crippen molar-refractivity contribution in [3.63, 3.8) is 0 Å². The summed E-state index contributed by atoms with van der Waals surface area (Å²) in [6.45, 7) is 10.8. The lowest BCUT2D eigenvalue weighted by atomic mass is 9.39. The summed E-state index contributed by atoms with van der Waals surface area (Å²) in [7, 11) is -11.0. The van der Waals surface area contributed by atoms with Gasteiger partial charge in [0.1, 0.15) is 4.90 Å². The molecule has 0 unspecified atom stereocenters. The standard InChI is InChI=1S/C47H58ClF3N6O7S3/c1-44(2)16-14-34(39(27-44)45-30-46(48,31-45)32-45)28-55-20-22-56(23-21-55)36-10-8-33(9-11-36)42(58)53-67(63,64)38-12-13-40(41(26-38)66(61,62)47(49,50)51)52-35(29-65-37-6-4-3-5-7-37)15-17-54-18-24-57(25-19-54)43(59)60/h3-13,26,35,52H,14-25,27-32H2,1-2H3,(H,53,58)(H,59,60)/t35-,45?,46?/m1/s1. The first kappa shape index (κ1) is 49.4. The molecule has 5 fully saturated rings. The maximum absolute atomic E-state index is 14.2. The zero-order valence-corrected chi connectivity index (χ0v) is 40.9. The van der Waals surface area contributed by atoms with E-state index in [0.717, 1.165) is 87.5 Å². The molecule has 3 saturated carbocycles. The first-order valence-corrected chi connectivity index (χ1v) is 27.0. The van der Waals surface area contributed by atoms with Gasteiger partial charge in [-0.3, -0.25) is 14.6 Å². The van der Waals surface area contributed by atoms with E-state index in [4.69, 9.17) is 11.6 Å². The number of sulfonamides is 1. The van der Waals surface area contributed by atoms with E-state index in [1.165, 1.54) is 35.2 Å². The van der Waals surface area contributed by atoms with Crippen LogP contribution in [-0.2, 0) is 19.9 Å². The minimum absolute atomic E-state index is 0.0115. The predicted octanol–water partition coefficient (Wildman–Crippen LogP) is 8.15. The van der Waals surface area contributed by atoms with Crippen molar-refractivity contribution in [3.05, 3.63) is 89.5 Å². The Kier molecular flexibility index (Phi) is 14.1. The molecule has 0 radical (unpaired) electrons. The Hall–Kier alpha value is -4.01. The third-order valence-corrected chi connectivity index (χ3v) is 18.6. The van der Waals surface area contributed by atoms with Gasteiger partial charge in [-0.15, -0.1) is 23.4 Å². The molecule has 0 spiro atoms. The number of carbonyl (C=O) groups is 2. The number of carbonyl (C=O) groups excluding carboxylic acids is 1. The molecule has 1 atom stereocenters. The van der Waals surface area contributed by atoms with Crippen LogP contribution < -0.4 is 14.9 Å². The van der Waals surface area contributed by atoms with Gasteiger partial charge in [-0.1, -0.05) is 43.2 Å². The van der Waals surface area contributed by atoms with Gasteiger partial charge in [0.2, 0.25) is 0 Å². The molecular formula is C47H58ClF3N6O7S3. The molecule has 2 bridgehead atoms. The van der Waals surface area contributed by atoms with Gasteiger partial charge in [0.25, 0.3) is 25.8 Å². The Morgan fingerprint density at radius 2 is 1.51 bits per heavy atom. The lowest BCUT2D eigenvalue weighted by Crippen LogP contribution is -2.65. The Bertz CT molecular complexity index is 2570. The molecule has 364 valence electrons. The number of rotatable bonds is 16. The van der Waals surface area contributed by atoms with Crippen LogP contribution in [-0.4, -0.2) is 136 Å². The van der Waals surface area contributed by atoms with Gasteiger partial charge in [-0.05, 0) is 110 Å². The van der Waals surface area contributed by atoms with Crippen LogP contribution in [0, 0.1) is 10.8 Å². The quantitative estimate of drug-likeness (QED) is 0.0720. The molecule has 6 aliphatic rings. The summed E-state index contributed by atoms with van der Waals surface area (Å²) in [5.74, 6) is -0.741. The number of allylic oxidation sites excluding steroid dienone is 1. The first-order chi connectivity index (χ1) is 31.5. The van der Waals surface area contributed by atoms with Crippen molar-refractivity contribution in [1.82, 2.24) is 19.4 Å². The Labute approximate surface area is 400 Å². The molecule has 3 N–H and O–H groups in total. The maximum atomic E-state index is 14.2.